The Morgan fingerprint density at radius 1 is 1.37 bits per heavy atom. The second-order valence-corrected chi connectivity index (χ2v) is 4.73. The van der Waals surface area contributed by atoms with Gasteiger partial charge in [-0.2, -0.15) is 0 Å². The maximum absolute atomic E-state index is 11.9. The summed E-state index contributed by atoms with van der Waals surface area (Å²) >= 11 is 0. The first-order chi connectivity index (χ1) is 8.85. The van der Waals surface area contributed by atoms with Crippen molar-refractivity contribution in [2.75, 3.05) is 0 Å². The Balaban J connectivity index is 1.83. The highest BCUT2D eigenvalue weighted by Gasteiger charge is 2.38. The molecular formula is C13H14F3NO2. The van der Waals surface area contributed by atoms with Crippen LogP contribution < -0.4 is 10.1 Å². The van der Waals surface area contributed by atoms with E-state index in [0.717, 1.165) is 12.0 Å². The monoisotopic (exact) mass is 273 g/mol. The maximum Gasteiger partial charge on any atom is 0.573 e. The number of carbonyl (C=O) groups is 1. The third-order valence-electron chi connectivity index (χ3n) is 3.07. The van der Waals surface area contributed by atoms with Gasteiger partial charge < -0.3 is 10.1 Å². The van der Waals surface area contributed by atoms with Crippen LogP contribution in [-0.4, -0.2) is 12.3 Å². The Morgan fingerprint density at radius 3 is 2.42 bits per heavy atom. The molecule has 0 aromatic heterocycles. The van der Waals surface area contributed by atoms with E-state index >= 15 is 0 Å². The molecule has 0 spiro atoms. The van der Waals surface area contributed by atoms with Crippen molar-refractivity contribution < 1.29 is 22.7 Å². The van der Waals surface area contributed by atoms with Gasteiger partial charge in [-0.3, -0.25) is 4.79 Å². The van der Waals surface area contributed by atoms with Crippen LogP contribution in [0, 0.1) is 11.8 Å². The van der Waals surface area contributed by atoms with Crippen LogP contribution in [0.1, 0.15) is 18.9 Å². The molecule has 1 N–H and O–H groups in total. The van der Waals surface area contributed by atoms with Crippen molar-refractivity contribution in [3.05, 3.63) is 29.8 Å². The molecule has 1 aliphatic rings. The lowest BCUT2D eigenvalue weighted by Crippen LogP contribution is -2.24. The number of alkyl halides is 3. The molecule has 0 heterocycles. The van der Waals surface area contributed by atoms with Gasteiger partial charge in [-0.1, -0.05) is 19.1 Å². The van der Waals surface area contributed by atoms with E-state index in [-0.39, 0.29) is 17.6 Å². The Kier molecular flexibility index (Phi) is 3.68. The molecule has 2 atom stereocenters. The van der Waals surface area contributed by atoms with Crippen molar-refractivity contribution in [3.8, 4) is 5.75 Å². The van der Waals surface area contributed by atoms with Gasteiger partial charge in [0.1, 0.15) is 5.75 Å². The van der Waals surface area contributed by atoms with Crippen molar-refractivity contribution in [1.82, 2.24) is 5.32 Å². The first-order valence-corrected chi connectivity index (χ1v) is 5.97. The third-order valence-corrected chi connectivity index (χ3v) is 3.07. The first kappa shape index (κ1) is 13.7. The summed E-state index contributed by atoms with van der Waals surface area (Å²) in [6.45, 7) is 2.32. The van der Waals surface area contributed by atoms with Gasteiger partial charge in [-0.15, -0.1) is 13.2 Å². The fourth-order valence-corrected chi connectivity index (χ4v) is 1.82. The van der Waals surface area contributed by atoms with Gasteiger partial charge in [-0.25, -0.2) is 0 Å². The smallest absolute Gasteiger partial charge is 0.406 e. The number of ether oxygens (including phenoxy) is 1. The fraction of sp³-hybridized carbons (Fsp3) is 0.462. The highest BCUT2D eigenvalue weighted by molar-refractivity contribution is 5.81. The largest absolute Gasteiger partial charge is 0.573 e. The molecule has 3 nitrogen and oxygen atoms in total. The summed E-state index contributed by atoms with van der Waals surface area (Å²) in [6, 6.07) is 5.46. The quantitative estimate of drug-likeness (QED) is 0.916. The van der Waals surface area contributed by atoms with Crippen LogP contribution in [0.2, 0.25) is 0 Å². The maximum atomic E-state index is 11.9. The van der Waals surface area contributed by atoms with E-state index in [1.807, 2.05) is 6.92 Å². The molecule has 19 heavy (non-hydrogen) atoms. The number of halogens is 3. The topological polar surface area (TPSA) is 38.3 Å². The predicted molar refractivity (Wildman–Crippen MR) is 62.2 cm³/mol. The number of carbonyl (C=O) groups excluding carboxylic acids is 1. The van der Waals surface area contributed by atoms with Crippen molar-refractivity contribution >= 4 is 5.91 Å². The molecule has 1 aromatic carbocycles. The average Bonchev–Trinajstić information content (AvgIpc) is 3.03. The molecule has 0 unspecified atom stereocenters. The molecule has 0 saturated heterocycles. The van der Waals surface area contributed by atoms with Crippen molar-refractivity contribution in [3.63, 3.8) is 0 Å². The van der Waals surface area contributed by atoms with Crippen LogP contribution in [0.4, 0.5) is 13.2 Å². The zero-order valence-electron chi connectivity index (χ0n) is 10.3. The van der Waals surface area contributed by atoms with Crippen LogP contribution >= 0.6 is 0 Å². The van der Waals surface area contributed by atoms with Crippen molar-refractivity contribution in [1.29, 1.82) is 0 Å². The van der Waals surface area contributed by atoms with Gasteiger partial charge in [0.05, 0.1) is 0 Å². The second kappa shape index (κ2) is 5.11. The van der Waals surface area contributed by atoms with E-state index in [0.29, 0.717) is 12.5 Å². The summed E-state index contributed by atoms with van der Waals surface area (Å²) in [4.78, 5) is 11.6. The van der Waals surface area contributed by atoms with Crippen LogP contribution in [0.25, 0.3) is 0 Å². The number of nitrogens with one attached hydrogen (secondary N) is 1. The minimum Gasteiger partial charge on any atom is -0.406 e. The third kappa shape index (κ3) is 4.15. The molecule has 1 amide bonds. The van der Waals surface area contributed by atoms with Crippen LogP contribution in [0.3, 0.4) is 0 Å². The lowest BCUT2D eigenvalue weighted by atomic mass is 10.2. The minimum atomic E-state index is -4.68. The molecule has 1 fully saturated rings. The number of rotatable bonds is 4. The van der Waals surface area contributed by atoms with E-state index in [4.69, 9.17) is 0 Å². The zero-order chi connectivity index (χ0) is 14.0. The lowest BCUT2D eigenvalue weighted by molar-refractivity contribution is -0.274. The Bertz CT molecular complexity index is 456. The first-order valence-electron chi connectivity index (χ1n) is 5.97. The van der Waals surface area contributed by atoms with E-state index in [1.165, 1.54) is 24.3 Å². The van der Waals surface area contributed by atoms with E-state index in [1.54, 1.807) is 0 Å². The highest BCUT2D eigenvalue weighted by atomic mass is 19.4. The van der Waals surface area contributed by atoms with Crippen LogP contribution in [-0.2, 0) is 11.3 Å². The number of amides is 1. The molecule has 0 aliphatic heterocycles. The standard InChI is InChI=1S/C13H14F3NO2/c1-8-6-11(8)12(18)17-7-9-2-4-10(5-3-9)19-13(14,15)16/h2-5,8,11H,6-7H2,1H3,(H,17,18)/t8-,11-/m0/s1. The number of hydrogen-bond acceptors (Lipinski definition) is 2. The van der Waals surface area contributed by atoms with Gasteiger partial charge >= 0.3 is 6.36 Å². The summed E-state index contributed by atoms with van der Waals surface area (Å²) in [6.07, 6.45) is -3.78. The lowest BCUT2D eigenvalue weighted by Gasteiger charge is -2.09. The molecular weight excluding hydrogens is 259 g/mol. The normalized spacial score (nSPS) is 21.9. The van der Waals surface area contributed by atoms with Gasteiger partial charge in [0.2, 0.25) is 5.91 Å². The van der Waals surface area contributed by atoms with Gasteiger partial charge in [0.15, 0.2) is 0 Å². The number of hydrogen-bond donors (Lipinski definition) is 1. The molecule has 1 saturated carbocycles. The summed E-state index contributed by atoms with van der Waals surface area (Å²) in [5.41, 5.74) is 0.733. The average molecular weight is 273 g/mol. The molecule has 1 aromatic rings. The summed E-state index contributed by atoms with van der Waals surface area (Å²) in [5.74, 6) is 0.261. The highest BCUT2D eigenvalue weighted by Crippen LogP contribution is 2.37. The molecule has 0 radical (unpaired) electrons. The molecule has 6 heteroatoms. The van der Waals surface area contributed by atoms with E-state index in [9.17, 15) is 18.0 Å². The van der Waals surface area contributed by atoms with E-state index in [2.05, 4.69) is 10.1 Å². The SMILES string of the molecule is C[C@H]1C[C@@H]1C(=O)NCc1ccc(OC(F)(F)F)cc1. The van der Waals surface area contributed by atoms with Gasteiger partial charge in [-0.05, 0) is 30.0 Å². The summed E-state index contributed by atoms with van der Waals surface area (Å²) < 4.78 is 39.6. The van der Waals surface area contributed by atoms with Gasteiger partial charge in [0, 0.05) is 12.5 Å². The summed E-state index contributed by atoms with van der Waals surface area (Å²) in [7, 11) is 0. The Hall–Kier alpha value is -1.72. The van der Waals surface area contributed by atoms with Crippen LogP contribution in [0.5, 0.6) is 5.75 Å². The second-order valence-electron chi connectivity index (χ2n) is 4.73. The molecule has 1 aliphatic carbocycles. The molecule has 2 rings (SSSR count). The number of benzene rings is 1. The Labute approximate surface area is 108 Å². The van der Waals surface area contributed by atoms with Crippen LogP contribution in [0.15, 0.2) is 24.3 Å². The van der Waals surface area contributed by atoms with E-state index < -0.39 is 6.36 Å². The molecule has 0 bridgehead atoms. The predicted octanol–water partition coefficient (Wildman–Crippen LogP) is 2.86. The fourth-order valence-electron chi connectivity index (χ4n) is 1.82. The zero-order valence-corrected chi connectivity index (χ0v) is 10.3. The minimum absolute atomic E-state index is 0.00289. The summed E-state index contributed by atoms with van der Waals surface area (Å²) in [5, 5.41) is 2.76. The van der Waals surface area contributed by atoms with Gasteiger partial charge in [0.25, 0.3) is 0 Å². The van der Waals surface area contributed by atoms with Crippen molar-refractivity contribution in [2.45, 2.75) is 26.3 Å². The van der Waals surface area contributed by atoms with Crippen molar-refractivity contribution in [2.24, 2.45) is 11.8 Å². The Morgan fingerprint density at radius 2 is 1.95 bits per heavy atom. The molecule has 104 valence electrons.